The molecule has 0 aliphatic carbocycles. The Morgan fingerprint density at radius 1 is 1.41 bits per heavy atom. The highest BCUT2D eigenvalue weighted by atomic mass is 35.5. The smallest absolute Gasteiger partial charge is 0.0931 e. The van der Waals surface area contributed by atoms with Gasteiger partial charge in [0.25, 0.3) is 0 Å². The zero-order chi connectivity index (χ0) is 12.9. The van der Waals surface area contributed by atoms with Crippen LogP contribution in [0.2, 0.25) is 4.34 Å². The molecule has 1 aromatic rings. The molecule has 1 aromatic heterocycles. The van der Waals surface area contributed by atoms with Gasteiger partial charge in [-0.05, 0) is 25.1 Å². The first-order chi connectivity index (χ1) is 7.90. The van der Waals surface area contributed by atoms with Gasteiger partial charge in [0.2, 0.25) is 0 Å². The summed E-state index contributed by atoms with van der Waals surface area (Å²) < 4.78 is 1.22. The van der Waals surface area contributed by atoms with Crippen LogP contribution in [-0.4, -0.2) is 23.1 Å². The first-order valence-electron chi connectivity index (χ1n) is 6.02. The van der Waals surface area contributed by atoms with E-state index in [4.69, 9.17) is 11.6 Å². The first-order valence-corrected chi connectivity index (χ1v) is 8.20. The van der Waals surface area contributed by atoms with Gasteiger partial charge in [-0.2, -0.15) is 11.8 Å². The molecule has 98 valence electrons. The van der Waals surface area contributed by atoms with Crippen molar-refractivity contribution in [1.82, 2.24) is 5.32 Å². The summed E-state index contributed by atoms with van der Waals surface area (Å²) in [4.78, 5) is 1.37. The number of hydrogen-bond donors (Lipinski definition) is 1. The fourth-order valence-corrected chi connectivity index (χ4v) is 3.64. The molecule has 0 radical (unpaired) electrons. The van der Waals surface area contributed by atoms with Gasteiger partial charge in [-0.1, -0.05) is 39.3 Å². The molecule has 0 aromatic carbocycles. The SMILES string of the molecule is CCNC(CSC(C)(C)C)Cc1ccc(Cl)s1. The van der Waals surface area contributed by atoms with Crippen molar-refractivity contribution >= 4 is 34.7 Å². The lowest BCUT2D eigenvalue weighted by molar-refractivity contribution is 0.574. The van der Waals surface area contributed by atoms with Crippen molar-refractivity contribution in [3.05, 3.63) is 21.3 Å². The van der Waals surface area contributed by atoms with Gasteiger partial charge < -0.3 is 5.32 Å². The van der Waals surface area contributed by atoms with Crippen LogP contribution in [-0.2, 0) is 6.42 Å². The fourth-order valence-electron chi connectivity index (χ4n) is 1.53. The molecule has 1 unspecified atom stereocenters. The van der Waals surface area contributed by atoms with E-state index in [1.54, 1.807) is 11.3 Å². The summed E-state index contributed by atoms with van der Waals surface area (Å²) >= 11 is 9.67. The van der Waals surface area contributed by atoms with Gasteiger partial charge in [0.15, 0.2) is 0 Å². The number of likely N-dealkylation sites (N-methyl/N-ethyl adjacent to an activating group) is 1. The average Bonchev–Trinajstić information content (AvgIpc) is 2.60. The van der Waals surface area contributed by atoms with Gasteiger partial charge in [-0.3, -0.25) is 0 Å². The predicted molar refractivity (Wildman–Crippen MR) is 82.7 cm³/mol. The van der Waals surface area contributed by atoms with E-state index in [1.807, 2.05) is 17.8 Å². The summed E-state index contributed by atoms with van der Waals surface area (Å²) in [5, 5.41) is 3.56. The number of hydrogen-bond acceptors (Lipinski definition) is 3. The van der Waals surface area contributed by atoms with Crippen LogP contribution in [0.1, 0.15) is 32.6 Å². The molecule has 0 amide bonds. The third-order valence-electron chi connectivity index (χ3n) is 2.29. The molecule has 0 aliphatic heterocycles. The zero-order valence-electron chi connectivity index (χ0n) is 11.0. The quantitative estimate of drug-likeness (QED) is 0.831. The molecular formula is C13H22ClNS2. The Labute approximate surface area is 118 Å². The first kappa shape index (κ1) is 15.4. The summed E-state index contributed by atoms with van der Waals surface area (Å²) in [7, 11) is 0. The Morgan fingerprint density at radius 2 is 2.12 bits per heavy atom. The molecule has 17 heavy (non-hydrogen) atoms. The molecule has 0 aliphatic rings. The van der Waals surface area contributed by atoms with Crippen LogP contribution in [0.3, 0.4) is 0 Å². The highest BCUT2D eigenvalue weighted by Gasteiger charge is 2.16. The Kier molecular flexibility index (Phi) is 6.35. The number of nitrogens with one attached hydrogen (secondary N) is 1. The Balaban J connectivity index is 2.48. The minimum atomic E-state index is 0.334. The van der Waals surface area contributed by atoms with Crippen molar-refractivity contribution in [3.8, 4) is 0 Å². The van der Waals surface area contributed by atoms with E-state index in [-0.39, 0.29) is 0 Å². The van der Waals surface area contributed by atoms with Crippen LogP contribution in [0.25, 0.3) is 0 Å². The van der Waals surface area contributed by atoms with Crippen molar-refractivity contribution < 1.29 is 0 Å². The third kappa shape index (κ3) is 6.70. The summed E-state index contributed by atoms with van der Waals surface area (Å²) in [6, 6.07) is 4.67. The van der Waals surface area contributed by atoms with Gasteiger partial charge in [-0.15, -0.1) is 11.3 Å². The summed E-state index contributed by atoms with van der Waals surface area (Å²) in [5.41, 5.74) is 0. The lowest BCUT2D eigenvalue weighted by atomic mass is 10.2. The second-order valence-electron chi connectivity index (χ2n) is 5.09. The molecule has 1 heterocycles. The van der Waals surface area contributed by atoms with E-state index in [0.29, 0.717) is 10.8 Å². The number of thiophene rings is 1. The molecule has 0 fully saturated rings. The number of halogens is 1. The van der Waals surface area contributed by atoms with Gasteiger partial charge in [-0.25, -0.2) is 0 Å². The maximum atomic E-state index is 5.96. The molecule has 4 heteroatoms. The highest BCUT2D eigenvalue weighted by molar-refractivity contribution is 8.00. The maximum Gasteiger partial charge on any atom is 0.0931 e. The minimum Gasteiger partial charge on any atom is -0.313 e. The summed E-state index contributed by atoms with van der Waals surface area (Å²) in [6.45, 7) is 9.98. The zero-order valence-corrected chi connectivity index (χ0v) is 13.4. The van der Waals surface area contributed by atoms with E-state index >= 15 is 0 Å². The average molecular weight is 292 g/mol. The lowest BCUT2D eigenvalue weighted by Gasteiger charge is -2.23. The molecule has 1 nitrogen and oxygen atoms in total. The normalized spacial score (nSPS) is 13.9. The van der Waals surface area contributed by atoms with E-state index in [1.165, 1.54) is 4.88 Å². The molecule has 0 spiro atoms. The molecule has 1 N–H and O–H groups in total. The van der Waals surface area contributed by atoms with Gasteiger partial charge in [0.1, 0.15) is 0 Å². The van der Waals surface area contributed by atoms with Gasteiger partial charge in [0, 0.05) is 21.4 Å². The van der Waals surface area contributed by atoms with Crippen LogP contribution in [0.4, 0.5) is 0 Å². The predicted octanol–water partition coefficient (Wildman–Crippen LogP) is 4.45. The highest BCUT2D eigenvalue weighted by Crippen LogP contribution is 2.26. The molecule has 0 bridgehead atoms. The maximum absolute atomic E-state index is 5.96. The van der Waals surface area contributed by atoms with Crippen LogP contribution in [0.5, 0.6) is 0 Å². The van der Waals surface area contributed by atoms with Crippen LogP contribution < -0.4 is 5.32 Å². The molecule has 1 rings (SSSR count). The summed E-state index contributed by atoms with van der Waals surface area (Å²) in [6.07, 6.45) is 1.08. The standard InChI is InChI=1S/C13H22ClNS2/c1-5-15-10(9-16-13(2,3)4)8-11-6-7-12(14)17-11/h6-7,10,15H,5,8-9H2,1-4H3. The van der Waals surface area contributed by atoms with Crippen LogP contribution in [0, 0.1) is 0 Å². The van der Waals surface area contributed by atoms with E-state index in [2.05, 4.69) is 39.1 Å². The van der Waals surface area contributed by atoms with Crippen molar-refractivity contribution in [3.63, 3.8) is 0 Å². The Morgan fingerprint density at radius 3 is 2.59 bits per heavy atom. The third-order valence-corrected chi connectivity index (χ3v) is 4.98. The van der Waals surface area contributed by atoms with Crippen molar-refractivity contribution in [2.75, 3.05) is 12.3 Å². The van der Waals surface area contributed by atoms with Gasteiger partial charge in [0.05, 0.1) is 4.34 Å². The van der Waals surface area contributed by atoms with E-state index < -0.39 is 0 Å². The van der Waals surface area contributed by atoms with Crippen LogP contribution in [0.15, 0.2) is 12.1 Å². The Hall–Kier alpha value is 0.300. The molecule has 1 atom stereocenters. The Bertz CT molecular complexity index is 330. The van der Waals surface area contributed by atoms with Crippen molar-refractivity contribution in [2.45, 2.75) is 44.9 Å². The fraction of sp³-hybridized carbons (Fsp3) is 0.692. The summed E-state index contributed by atoms with van der Waals surface area (Å²) in [5.74, 6) is 1.15. The second-order valence-corrected chi connectivity index (χ2v) is 8.73. The van der Waals surface area contributed by atoms with Crippen LogP contribution >= 0.6 is 34.7 Å². The van der Waals surface area contributed by atoms with E-state index in [9.17, 15) is 0 Å². The largest absolute Gasteiger partial charge is 0.313 e. The molecular weight excluding hydrogens is 270 g/mol. The molecule has 0 saturated heterocycles. The minimum absolute atomic E-state index is 0.334. The van der Waals surface area contributed by atoms with Gasteiger partial charge >= 0.3 is 0 Å². The monoisotopic (exact) mass is 291 g/mol. The van der Waals surface area contributed by atoms with Crippen molar-refractivity contribution in [1.29, 1.82) is 0 Å². The van der Waals surface area contributed by atoms with Crippen molar-refractivity contribution in [2.24, 2.45) is 0 Å². The topological polar surface area (TPSA) is 12.0 Å². The second kappa shape index (κ2) is 7.03. The number of rotatable bonds is 6. The molecule has 0 saturated carbocycles. The lowest BCUT2D eigenvalue weighted by Crippen LogP contribution is -2.34. The number of thioether (sulfide) groups is 1. The van der Waals surface area contributed by atoms with E-state index in [0.717, 1.165) is 23.1 Å².